The molecule has 1 heterocycles. The number of hydrogen-bond acceptors (Lipinski definition) is 4. The zero-order chi connectivity index (χ0) is 14.1. The van der Waals surface area contributed by atoms with Crippen molar-refractivity contribution in [3.63, 3.8) is 0 Å². The second-order valence-electron chi connectivity index (χ2n) is 4.18. The highest BCUT2D eigenvalue weighted by Gasteiger charge is 2.06. The van der Waals surface area contributed by atoms with E-state index in [1.165, 1.54) is 11.3 Å². The molecule has 19 heavy (non-hydrogen) atoms. The van der Waals surface area contributed by atoms with Gasteiger partial charge in [0.15, 0.2) is 0 Å². The summed E-state index contributed by atoms with van der Waals surface area (Å²) >= 11 is 1.49. The number of aliphatic imine (C=N–C) groups is 1. The lowest BCUT2D eigenvalue weighted by Crippen LogP contribution is -2.15. The molecule has 0 unspecified atom stereocenters. The third-order valence-corrected chi connectivity index (χ3v) is 3.54. The van der Waals surface area contributed by atoms with Gasteiger partial charge in [-0.25, -0.2) is 4.79 Å². The Hall–Kier alpha value is -1.40. The summed E-state index contributed by atoms with van der Waals surface area (Å²) in [6.45, 7) is 2.99. The van der Waals surface area contributed by atoms with Crippen LogP contribution in [0.3, 0.4) is 0 Å². The van der Waals surface area contributed by atoms with E-state index in [0.717, 1.165) is 30.6 Å². The van der Waals surface area contributed by atoms with Crippen molar-refractivity contribution < 1.29 is 9.53 Å². The van der Waals surface area contributed by atoms with Crippen LogP contribution >= 0.6 is 11.3 Å². The number of hydrogen-bond donors (Lipinski definition) is 2. The van der Waals surface area contributed by atoms with Crippen LogP contribution in [0.4, 0.5) is 4.79 Å². The van der Waals surface area contributed by atoms with E-state index in [2.05, 4.69) is 11.9 Å². The standard InChI is InChI=1S/C13H21N3O2S/c1-2-3-4-5-6-18-13(17)16-12(15)10-7-11(8-14)19-9-10/h7,9H,2-6,8,14H2,1H3,(H2,15,16,17). The highest BCUT2D eigenvalue weighted by atomic mass is 32.1. The van der Waals surface area contributed by atoms with Gasteiger partial charge < -0.3 is 16.2 Å². The van der Waals surface area contributed by atoms with Gasteiger partial charge in [0, 0.05) is 22.4 Å². The van der Waals surface area contributed by atoms with Crippen molar-refractivity contribution >= 4 is 23.3 Å². The zero-order valence-corrected chi connectivity index (χ0v) is 12.0. The molecule has 0 spiro atoms. The first-order valence-electron chi connectivity index (χ1n) is 6.46. The first-order chi connectivity index (χ1) is 9.17. The normalized spacial score (nSPS) is 11.6. The Bertz CT molecular complexity index is 429. The minimum atomic E-state index is -0.630. The summed E-state index contributed by atoms with van der Waals surface area (Å²) < 4.78 is 4.99. The molecule has 0 aliphatic rings. The Morgan fingerprint density at radius 3 is 2.84 bits per heavy atom. The molecule has 5 nitrogen and oxygen atoms in total. The minimum Gasteiger partial charge on any atom is -0.448 e. The third kappa shape index (κ3) is 5.85. The molecule has 1 aromatic rings. The number of nitrogens with two attached hydrogens (primary N) is 2. The molecule has 0 radical (unpaired) electrons. The van der Waals surface area contributed by atoms with Crippen LogP contribution in [0.15, 0.2) is 16.4 Å². The predicted molar refractivity (Wildman–Crippen MR) is 78.4 cm³/mol. The van der Waals surface area contributed by atoms with E-state index < -0.39 is 6.09 Å². The van der Waals surface area contributed by atoms with Gasteiger partial charge in [0.25, 0.3) is 0 Å². The Balaban J connectivity index is 2.38. The summed E-state index contributed by atoms with van der Waals surface area (Å²) in [6, 6.07) is 1.83. The van der Waals surface area contributed by atoms with Crippen LogP contribution in [0.25, 0.3) is 0 Å². The van der Waals surface area contributed by atoms with Gasteiger partial charge in [0.2, 0.25) is 0 Å². The van der Waals surface area contributed by atoms with Gasteiger partial charge >= 0.3 is 6.09 Å². The van der Waals surface area contributed by atoms with E-state index in [4.69, 9.17) is 16.2 Å². The van der Waals surface area contributed by atoms with Crippen molar-refractivity contribution in [1.82, 2.24) is 0 Å². The monoisotopic (exact) mass is 283 g/mol. The van der Waals surface area contributed by atoms with Gasteiger partial charge in [-0.15, -0.1) is 11.3 Å². The maximum atomic E-state index is 11.4. The fourth-order valence-corrected chi connectivity index (χ4v) is 2.26. The predicted octanol–water partition coefficient (Wildman–Crippen LogP) is 2.63. The van der Waals surface area contributed by atoms with Gasteiger partial charge in [0.1, 0.15) is 5.84 Å². The van der Waals surface area contributed by atoms with E-state index in [0.29, 0.717) is 18.7 Å². The number of thiophene rings is 1. The molecule has 1 rings (SSSR count). The first-order valence-corrected chi connectivity index (χ1v) is 7.34. The van der Waals surface area contributed by atoms with Crippen molar-refractivity contribution in [2.45, 2.75) is 39.2 Å². The molecule has 0 saturated heterocycles. The van der Waals surface area contributed by atoms with E-state index in [9.17, 15) is 4.79 Å². The summed E-state index contributed by atoms with van der Waals surface area (Å²) in [4.78, 5) is 16.1. The van der Waals surface area contributed by atoms with Crippen molar-refractivity contribution in [3.8, 4) is 0 Å². The molecule has 0 fully saturated rings. The first kappa shape index (κ1) is 15.7. The number of ether oxygens (including phenoxy) is 1. The lowest BCUT2D eigenvalue weighted by molar-refractivity contribution is 0.155. The molecule has 0 atom stereocenters. The molecular weight excluding hydrogens is 262 g/mol. The summed E-state index contributed by atoms with van der Waals surface area (Å²) in [5.74, 6) is 0.175. The Morgan fingerprint density at radius 2 is 2.21 bits per heavy atom. The average molecular weight is 283 g/mol. The summed E-state index contributed by atoms with van der Waals surface area (Å²) in [7, 11) is 0. The highest BCUT2D eigenvalue weighted by molar-refractivity contribution is 7.10. The SMILES string of the molecule is CCCCCCOC(=O)/N=C(\N)c1csc(CN)c1. The number of unbranched alkanes of at least 4 members (excludes halogenated alkanes) is 3. The molecule has 6 heteroatoms. The number of nitrogens with zero attached hydrogens (tertiary/aromatic N) is 1. The van der Waals surface area contributed by atoms with Crippen LogP contribution in [0.2, 0.25) is 0 Å². The molecular formula is C13H21N3O2S. The van der Waals surface area contributed by atoms with Crippen LogP contribution in [0.5, 0.6) is 0 Å². The lowest BCUT2D eigenvalue weighted by Gasteiger charge is -2.01. The molecule has 0 aromatic carbocycles. The Morgan fingerprint density at radius 1 is 1.42 bits per heavy atom. The Kier molecular flexibility index (Phi) is 7.14. The van der Waals surface area contributed by atoms with E-state index in [1.54, 1.807) is 0 Å². The topological polar surface area (TPSA) is 90.7 Å². The second kappa shape index (κ2) is 8.66. The highest BCUT2D eigenvalue weighted by Crippen LogP contribution is 2.13. The van der Waals surface area contributed by atoms with E-state index in [-0.39, 0.29) is 5.84 Å². The summed E-state index contributed by atoms with van der Waals surface area (Å²) in [5.41, 5.74) is 12.0. The largest absolute Gasteiger partial charge is 0.448 e. The fraction of sp³-hybridized carbons (Fsp3) is 0.538. The lowest BCUT2D eigenvalue weighted by atomic mass is 10.2. The van der Waals surface area contributed by atoms with Crippen LogP contribution in [0, 0.1) is 0 Å². The maximum Gasteiger partial charge on any atom is 0.435 e. The van der Waals surface area contributed by atoms with Crippen molar-refractivity contribution in [3.05, 3.63) is 21.9 Å². The third-order valence-electron chi connectivity index (χ3n) is 2.59. The summed E-state index contributed by atoms with van der Waals surface area (Å²) in [6.07, 6.45) is 3.60. The molecule has 106 valence electrons. The quantitative estimate of drug-likeness (QED) is 0.457. The van der Waals surface area contributed by atoms with Crippen molar-refractivity contribution in [2.24, 2.45) is 16.5 Å². The fourth-order valence-electron chi connectivity index (χ4n) is 1.51. The van der Waals surface area contributed by atoms with Crippen LogP contribution in [-0.2, 0) is 11.3 Å². The molecule has 0 bridgehead atoms. The molecule has 0 saturated carbocycles. The van der Waals surface area contributed by atoms with Gasteiger partial charge in [-0.05, 0) is 12.5 Å². The molecule has 0 aliphatic carbocycles. The number of amides is 1. The average Bonchev–Trinajstić information content (AvgIpc) is 2.87. The molecule has 1 amide bonds. The maximum absolute atomic E-state index is 11.4. The van der Waals surface area contributed by atoms with Crippen LogP contribution in [-0.4, -0.2) is 18.5 Å². The molecule has 1 aromatic heterocycles. The van der Waals surface area contributed by atoms with Crippen molar-refractivity contribution in [2.75, 3.05) is 6.61 Å². The minimum absolute atomic E-state index is 0.175. The van der Waals surface area contributed by atoms with Gasteiger partial charge in [-0.2, -0.15) is 4.99 Å². The van der Waals surface area contributed by atoms with Crippen molar-refractivity contribution in [1.29, 1.82) is 0 Å². The Labute approximate surface area is 117 Å². The number of amidine groups is 1. The number of carbonyl (C=O) groups excluding carboxylic acids is 1. The number of rotatable bonds is 7. The van der Waals surface area contributed by atoms with Crippen LogP contribution in [0.1, 0.15) is 43.0 Å². The summed E-state index contributed by atoms with van der Waals surface area (Å²) in [5, 5.41) is 1.83. The van der Waals surface area contributed by atoms with E-state index in [1.807, 2.05) is 11.4 Å². The van der Waals surface area contributed by atoms with Gasteiger partial charge in [-0.3, -0.25) is 0 Å². The second-order valence-corrected chi connectivity index (χ2v) is 5.17. The van der Waals surface area contributed by atoms with E-state index >= 15 is 0 Å². The van der Waals surface area contributed by atoms with Gasteiger partial charge in [-0.1, -0.05) is 26.2 Å². The smallest absolute Gasteiger partial charge is 0.435 e. The molecule has 0 aliphatic heterocycles. The van der Waals surface area contributed by atoms with Gasteiger partial charge in [0.05, 0.1) is 6.61 Å². The zero-order valence-electron chi connectivity index (χ0n) is 11.2. The number of carbonyl (C=O) groups is 1. The molecule has 4 N–H and O–H groups in total. The van der Waals surface area contributed by atoms with Crippen LogP contribution < -0.4 is 11.5 Å².